The van der Waals surface area contributed by atoms with Crippen LogP contribution in [-0.4, -0.2) is 31.7 Å². The molecule has 19 heavy (non-hydrogen) atoms. The van der Waals surface area contributed by atoms with Gasteiger partial charge >= 0.3 is 0 Å². The van der Waals surface area contributed by atoms with Crippen LogP contribution in [0.3, 0.4) is 0 Å². The molecule has 0 spiro atoms. The third kappa shape index (κ3) is 8.22. The number of amides is 1. The molecular weight excluding hydrogens is 240 g/mol. The minimum Gasteiger partial charge on any atom is -0.381 e. The minimum atomic E-state index is 0.176. The molecule has 3 N–H and O–H groups in total. The van der Waals surface area contributed by atoms with E-state index in [1.165, 1.54) is 12.8 Å². The molecule has 4 nitrogen and oxygen atoms in total. The van der Waals surface area contributed by atoms with Gasteiger partial charge < -0.3 is 15.8 Å². The van der Waals surface area contributed by atoms with Gasteiger partial charge in [-0.3, -0.25) is 4.79 Å². The smallest absolute Gasteiger partial charge is 0.220 e. The summed E-state index contributed by atoms with van der Waals surface area (Å²) in [5.74, 6) is 0.831. The van der Waals surface area contributed by atoms with E-state index in [9.17, 15) is 4.79 Å². The first-order valence-corrected chi connectivity index (χ1v) is 7.82. The maximum atomic E-state index is 11.7. The molecule has 1 aliphatic rings. The maximum Gasteiger partial charge on any atom is 0.220 e. The lowest BCUT2D eigenvalue weighted by Gasteiger charge is -2.26. The van der Waals surface area contributed by atoms with Crippen molar-refractivity contribution >= 4 is 5.91 Å². The van der Waals surface area contributed by atoms with E-state index in [4.69, 9.17) is 10.5 Å². The zero-order valence-corrected chi connectivity index (χ0v) is 12.3. The largest absolute Gasteiger partial charge is 0.381 e. The zero-order valence-electron chi connectivity index (χ0n) is 12.3. The number of carbonyl (C=O) groups excluding carboxylic acids is 1. The van der Waals surface area contributed by atoms with E-state index in [-0.39, 0.29) is 5.91 Å². The first-order valence-electron chi connectivity index (χ1n) is 7.82. The van der Waals surface area contributed by atoms with Crippen LogP contribution in [0.5, 0.6) is 0 Å². The van der Waals surface area contributed by atoms with Gasteiger partial charge in [0.1, 0.15) is 0 Å². The standard InChI is InChI=1S/C15H30N2O2/c1-2-10-19-11-4-9-17-15(18)8-7-13-5-3-6-14(16)12-13/h13-14H,2-12,16H2,1H3,(H,17,18). The fourth-order valence-electron chi connectivity index (χ4n) is 2.67. The van der Waals surface area contributed by atoms with Gasteiger partial charge in [-0.2, -0.15) is 0 Å². The van der Waals surface area contributed by atoms with Crippen molar-refractivity contribution in [3.8, 4) is 0 Å². The summed E-state index contributed by atoms with van der Waals surface area (Å²) in [6.07, 6.45) is 8.31. The van der Waals surface area contributed by atoms with Crippen molar-refractivity contribution in [2.24, 2.45) is 11.7 Å². The monoisotopic (exact) mass is 270 g/mol. The summed E-state index contributed by atoms with van der Waals surface area (Å²) in [4.78, 5) is 11.7. The average molecular weight is 270 g/mol. The maximum absolute atomic E-state index is 11.7. The second-order valence-corrected chi connectivity index (χ2v) is 5.65. The lowest BCUT2D eigenvalue weighted by molar-refractivity contribution is -0.121. The van der Waals surface area contributed by atoms with Gasteiger partial charge in [0.25, 0.3) is 0 Å². The van der Waals surface area contributed by atoms with Crippen molar-refractivity contribution in [3.05, 3.63) is 0 Å². The lowest BCUT2D eigenvalue weighted by Crippen LogP contribution is -2.29. The Morgan fingerprint density at radius 1 is 1.37 bits per heavy atom. The summed E-state index contributed by atoms with van der Waals surface area (Å²) in [5, 5.41) is 2.96. The molecule has 0 aromatic rings. The quantitative estimate of drug-likeness (QED) is 0.631. The second kappa shape index (κ2) is 10.2. The molecule has 0 saturated heterocycles. The molecule has 1 saturated carbocycles. The Morgan fingerprint density at radius 2 is 2.21 bits per heavy atom. The topological polar surface area (TPSA) is 64.3 Å². The molecule has 0 radical (unpaired) electrons. The SMILES string of the molecule is CCCOCCCNC(=O)CCC1CCCC(N)C1. The van der Waals surface area contributed by atoms with Gasteiger partial charge in [-0.25, -0.2) is 0 Å². The number of ether oxygens (including phenoxy) is 1. The molecule has 0 bridgehead atoms. The van der Waals surface area contributed by atoms with Crippen molar-refractivity contribution in [2.45, 2.75) is 64.3 Å². The normalized spacial score (nSPS) is 23.3. The van der Waals surface area contributed by atoms with Crippen molar-refractivity contribution in [1.29, 1.82) is 0 Å². The van der Waals surface area contributed by atoms with Crippen LogP contribution in [-0.2, 0) is 9.53 Å². The lowest BCUT2D eigenvalue weighted by atomic mass is 9.83. The molecule has 0 aliphatic heterocycles. The highest BCUT2D eigenvalue weighted by Crippen LogP contribution is 2.26. The Balaban J connectivity index is 1.95. The van der Waals surface area contributed by atoms with E-state index in [1.54, 1.807) is 0 Å². The summed E-state index contributed by atoms with van der Waals surface area (Å²) >= 11 is 0. The van der Waals surface area contributed by atoms with Crippen molar-refractivity contribution in [3.63, 3.8) is 0 Å². The van der Waals surface area contributed by atoms with Gasteiger partial charge in [-0.05, 0) is 38.0 Å². The number of nitrogens with two attached hydrogens (primary N) is 1. The molecule has 112 valence electrons. The fraction of sp³-hybridized carbons (Fsp3) is 0.933. The Morgan fingerprint density at radius 3 is 2.95 bits per heavy atom. The summed E-state index contributed by atoms with van der Waals surface area (Å²) in [6.45, 7) is 4.38. The van der Waals surface area contributed by atoms with Crippen LogP contribution in [0.4, 0.5) is 0 Å². The van der Waals surface area contributed by atoms with E-state index >= 15 is 0 Å². The van der Waals surface area contributed by atoms with E-state index in [0.29, 0.717) is 18.4 Å². The second-order valence-electron chi connectivity index (χ2n) is 5.65. The van der Waals surface area contributed by atoms with E-state index in [2.05, 4.69) is 12.2 Å². The number of rotatable bonds is 9. The van der Waals surface area contributed by atoms with Crippen molar-refractivity contribution in [1.82, 2.24) is 5.32 Å². The van der Waals surface area contributed by atoms with Crippen LogP contribution in [0.2, 0.25) is 0 Å². The first-order chi connectivity index (χ1) is 9.22. The van der Waals surface area contributed by atoms with Gasteiger partial charge in [-0.15, -0.1) is 0 Å². The highest BCUT2D eigenvalue weighted by Gasteiger charge is 2.19. The van der Waals surface area contributed by atoms with Gasteiger partial charge in [-0.1, -0.05) is 19.8 Å². The van der Waals surface area contributed by atoms with Gasteiger partial charge in [0.05, 0.1) is 0 Å². The third-order valence-corrected chi connectivity index (χ3v) is 3.74. The average Bonchev–Trinajstić information content (AvgIpc) is 2.40. The van der Waals surface area contributed by atoms with E-state index < -0.39 is 0 Å². The number of hydrogen-bond donors (Lipinski definition) is 2. The van der Waals surface area contributed by atoms with Crippen LogP contribution in [0.25, 0.3) is 0 Å². The number of nitrogens with one attached hydrogen (secondary N) is 1. The van der Waals surface area contributed by atoms with Crippen LogP contribution < -0.4 is 11.1 Å². The van der Waals surface area contributed by atoms with Crippen molar-refractivity contribution < 1.29 is 9.53 Å². The molecule has 4 heteroatoms. The third-order valence-electron chi connectivity index (χ3n) is 3.74. The highest BCUT2D eigenvalue weighted by atomic mass is 16.5. The van der Waals surface area contributed by atoms with Gasteiger partial charge in [0.15, 0.2) is 0 Å². The molecule has 0 aromatic heterocycles. The predicted molar refractivity (Wildman–Crippen MR) is 77.9 cm³/mol. The highest BCUT2D eigenvalue weighted by molar-refractivity contribution is 5.75. The van der Waals surface area contributed by atoms with Crippen molar-refractivity contribution in [2.75, 3.05) is 19.8 Å². The van der Waals surface area contributed by atoms with Crippen LogP contribution in [0.15, 0.2) is 0 Å². The molecule has 1 amide bonds. The summed E-state index contributed by atoms with van der Waals surface area (Å²) in [6, 6.07) is 0.359. The minimum absolute atomic E-state index is 0.176. The molecule has 1 fully saturated rings. The first kappa shape index (κ1) is 16.4. The zero-order chi connectivity index (χ0) is 13.9. The van der Waals surface area contributed by atoms with Crippen LogP contribution in [0.1, 0.15) is 58.3 Å². The predicted octanol–water partition coefficient (Wildman–Crippen LogP) is 2.22. The molecule has 1 rings (SSSR count). The molecule has 1 aliphatic carbocycles. The van der Waals surface area contributed by atoms with E-state index in [1.807, 2.05) is 0 Å². The Labute approximate surface area is 117 Å². The summed E-state index contributed by atoms with van der Waals surface area (Å²) in [5.41, 5.74) is 5.96. The number of carbonyl (C=O) groups is 1. The Hall–Kier alpha value is -0.610. The molecular formula is C15H30N2O2. The fourth-order valence-corrected chi connectivity index (χ4v) is 2.67. The Kier molecular flexibility index (Phi) is 8.84. The molecule has 0 aromatic carbocycles. The molecule has 2 unspecified atom stereocenters. The number of hydrogen-bond acceptors (Lipinski definition) is 3. The Bertz CT molecular complexity index is 246. The van der Waals surface area contributed by atoms with Gasteiger partial charge in [0.2, 0.25) is 5.91 Å². The molecule has 2 atom stereocenters. The molecule has 0 heterocycles. The summed E-state index contributed by atoms with van der Waals surface area (Å²) < 4.78 is 5.37. The van der Waals surface area contributed by atoms with E-state index in [0.717, 1.165) is 51.9 Å². The van der Waals surface area contributed by atoms with Gasteiger partial charge in [0, 0.05) is 32.2 Å². The summed E-state index contributed by atoms with van der Waals surface area (Å²) in [7, 11) is 0. The van der Waals surface area contributed by atoms with Crippen LogP contribution in [0, 0.1) is 5.92 Å². The van der Waals surface area contributed by atoms with Crippen LogP contribution >= 0.6 is 0 Å².